The molecule has 1 heterocycles. The van der Waals surface area contributed by atoms with Crippen molar-refractivity contribution in [3.05, 3.63) is 29.8 Å². The van der Waals surface area contributed by atoms with Crippen molar-refractivity contribution in [3.8, 4) is 0 Å². The lowest BCUT2D eigenvalue weighted by atomic mass is 9.68. The van der Waals surface area contributed by atoms with Gasteiger partial charge in [0.1, 0.15) is 0 Å². The molecule has 0 aliphatic heterocycles. The molecule has 2 saturated carbocycles. The smallest absolute Gasteiger partial charge is 0.212 e. The minimum absolute atomic E-state index is 0.360. The lowest BCUT2D eigenvalue weighted by Gasteiger charge is -2.38. The summed E-state index contributed by atoms with van der Waals surface area (Å²) in [5, 5.41) is 0. The zero-order valence-electron chi connectivity index (χ0n) is 13.9. The summed E-state index contributed by atoms with van der Waals surface area (Å²) in [7, 11) is 0. The van der Waals surface area contributed by atoms with E-state index < -0.39 is 0 Å². The Morgan fingerprint density at radius 2 is 1.59 bits per heavy atom. The fraction of sp³-hybridized carbons (Fsp3) is 0.750. The first-order valence-corrected chi connectivity index (χ1v) is 9.37. The highest BCUT2D eigenvalue weighted by Crippen LogP contribution is 2.44. The third-order valence-corrected chi connectivity index (χ3v) is 6.25. The SMILES string of the molecule is CCCC1CCC(C2CCC(c3ccc(F)nc3)CC2)CC1. The van der Waals surface area contributed by atoms with Gasteiger partial charge < -0.3 is 0 Å². The maximum Gasteiger partial charge on any atom is 0.212 e. The summed E-state index contributed by atoms with van der Waals surface area (Å²) in [6.45, 7) is 2.32. The van der Waals surface area contributed by atoms with Crippen molar-refractivity contribution in [1.29, 1.82) is 0 Å². The highest BCUT2D eigenvalue weighted by Gasteiger charge is 2.31. The van der Waals surface area contributed by atoms with Crippen molar-refractivity contribution >= 4 is 0 Å². The van der Waals surface area contributed by atoms with E-state index in [-0.39, 0.29) is 5.95 Å². The number of aromatic nitrogens is 1. The summed E-state index contributed by atoms with van der Waals surface area (Å²) in [5.74, 6) is 3.21. The van der Waals surface area contributed by atoms with E-state index in [1.54, 1.807) is 6.20 Å². The molecule has 3 rings (SSSR count). The molecule has 0 amide bonds. The molecular formula is C20H30FN. The number of nitrogens with zero attached hydrogens (tertiary/aromatic N) is 1. The largest absolute Gasteiger partial charge is 0.228 e. The third kappa shape index (κ3) is 3.88. The zero-order valence-corrected chi connectivity index (χ0v) is 13.9. The van der Waals surface area contributed by atoms with Crippen molar-refractivity contribution in [1.82, 2.24) is 4.98 Å². The van der Waals surface area contributed by atoms with Crippen LogP contribution >= 0.6 is 0 Å². The Hall–Kier alpha value is -0.920. The molecule has 0 spiro atoms. The minimum Gasteiger partial charge on any atom is -0.228 e. The molecule has 1 aromatic rings. The van der Waals surface area contributed by atoms with Gasteiger partial charge in [0.2, 0.25) is 5.95 Å². The lowest BCUT2D eigenvalue weighted by Crippen LogP contribution is -2.25. The molecule has 0 saturated heterocycles. The van der Waals surface area contributed by atoms with Gasteiger partial charge in [-0.1, -0.05) is 38.7 Å². The molecule has 2 aliphatic carbocycles. The summed E-state index contributed by atoms with van der Waals surface area (Å²) in [6.07, 6.45) is 15.7. The molecule has 0 unspecified atom stereocenters. The van der Waals surface area contributed by atoms with Gasteiger partial charge in [-0.15, -0.1) is 0 Å². The van der Waals surface area contributed by atoms with E-state index in [1.807, 2.05) is 6.07 Å². The summed E-state index contributed by atoms with van der Waals surface area (Å²) >= 11 is 0. The molecule has 0 N–H and O–H groups in total. The van der Waals surface area contributed by atoms with Gasteiger partial charge in [-0.05, 0) is 73.8 Å². The summed E-state index contributed by atoms with van der Waals surface area (Å²) < 4.78 is 12.9. The maximum absolute atomic E-state index is 12.9. The van der Waals surface area contributed by atoms with E-state index in [2.05, 4.69) is 11.9 Å². The van der Waals surface area contributed by atoms with Gasteiger partial charge >= 0.3 is 0 Å². The minimum atomic E-state index is -0.360. The van der Waals surface area contributed by atoms with Gasteiger partial charge in [0, 0.05) is 6.20 Å². The second-order valence-corrected chi connectivity index (χ2v) is 7.60. The first-order valence-electron chi connectivity index (χ1n) is 9.37. The standard InChI is InChI=1S/C20H30FN/c1-2-3-15-4-6-16(7-5-15)17-8-10-18(11-9-17)19-12-13-20(21)22-14-19/h12-18H,2-11H2,1H3. The van der Waals surface area contributed by atoms with Crippen LogP contribution in [0.5, 0.6) is 0 Å². The van der Waals surface area contributed by atoms with Crippen LogP contribution in [0.3, 0.4) is 0 Å². The quantitative estimate of drug-likeness (QED) is 0.612. The molecule has 0 atom stereocenters. The zero-order chi connectivity index (χ0) is 15.4. The lowest BCUT2D eigenvalue weighted by molar-refractivity contribution is 0.156. The van der Waals surface area contributed by atoms with E-state index in [9.17, 15) is 4.39 Å². The van der Waals surface area contributed by atoms with Crippen molar-refractivity contribution in [3.63, 3.8) is 0 Å². The fourth-order valence-electron chi connectivity index (χ4n) is 4.91. The van der Waals surface area contributed by atoms with Gasteiger partial charge in [0.15, 0.2) is 0 Å². The average Bonchev–Trinajstić information content (AvgIpc) is 2.57. The Morgan fingerprint density at radius 3 is 2.14 bits per heavy atom. The van der Waals surface area contributed by atoms with Gasteiger partial charge in [0.05, 0.1) is 0 Å². The Labute approximate surface area is 134 Å². The molecule has 0 radical (unpaired) electrons. The topological polar surface area (TPSA) is 12.9 Å². The summed E-state index contributed by atoms with van der Waals surface area (Å²) in [4.78, 5) is 3.82. The Bertz CT molecular complexity index is 439. The molecule has 0 aromatic carbocycles. The molecule has 22 heavy (non-hydrogen) atoms. The van der Waals surface area contributed by atoms with Crippen molar-refractivity contribution in [2.24, 2.45) is 17.8 Å². The Morgan fingerprint density at radius 1 is 0.955 bits per heavy atom. The summed E-state index contributed by atoms with van der Waals surface area (Å²) in [6, 6.07) is 3.44. The van der Waals surface area contributed by atoms with E-state index in [0.29, 0.717) is 5.92 Å². The van der Waals surface area contributed by atoms with Crippen molar-refractivity contribution in [2.75, 3.05) is 0 Å². The number of halogens is 1. The molecule has 1 nitrogen and oxygen atoms in total. The maximum atomic E-state index is 12.9. The predicted octanol–water partition coefficient (Wildman–Crippen LogP) is 6.10. The Kier molecular flexibility index (Phi) is 5.49. The molecule has 0 bridgehead atoms. The molecule has 2 heteroatoms. The number of rotatable bonds is 4. The fourth-order valence-corrected chi connectivity index (χ4v) is 4.91. The van der Waals surface area contributed by atoms with E-state index in [0.717, 1.165) is 17.8 Å². The number of hydrogen-bond acceptors (Lipinski definition) is 1. The molecule has 122 valence electrons. The third-order valence-electron chi connectivity index (χ3n) is 6.25. The number of hydrogen-bond donors (Lipinski definition) is 0. The average molecular weight is 303 g/mol. The first-order chi connectivity index (χ1) is 10.8. The monoisotopic (exact) mass is 303 g/mol. The second-order valence-electron chi connectivity index (χ2n) is 7.60. The van der Waals surface area contributed by atoms with Crippen LogP contribution in [-0.2, 0) is 0 Å². The van der Waals surface area contributed by atoms with E-state index in [4.69, 9.17) is 0 Å². The van der Waals surface area contributed by atoms with E-state index >= 15 is 0 Å². The van der Waals surface area contributed by atoms with E-state index in [1.165, 1.54) is 75.8 Å². The van der Waals surface area contributed by atoms with Crippen LogP contribution in [0.25, 0.3) is 0 Å². The first kappa shape index (κ1) is 16.0. The van der Waals surface area contributed by atoms with Crippen LogP contribution in [0, 0.1) is 23.7 Å². The predicted molar refractivity (Wildman–Crippen MR) is 89.3 cm³/mol. The van der Waals surface area contributed by atoms with Crippen molar-refractivity contribution in [2.45, 2.75) is 77.0 Å². The van der Waals surface area contributed by atoms with Crippen LogP contribution in [-0.4, -0.2) is 4.98 Å². The van der Waals surface area contributed by atoms with Gasteiger partial charge in [-0.3, -0.25) is 0 Å². The second kappa shape index (κ2) is 7.57. The van der Waals surface area contributed by atoms with Crippen LogP contribution in [0.15, 0.2) is 18.3 Å². The molecule has 2 fully saturated rings. The summed E-state index contributed by atoms with van der Waals surface area (Å²) in [5.41, 5.74) is 1.24. The van der Waals surface area contributed by atoms with Crippen molar-refractivity contribution < 1.29 is 4.39 Å². The normalized spacial score (nSPS) is 32.8. The Balaban J connectivity index is 1.47. The van der Waals surface area contributed by atoms with Crippen LogP contribution < -0.4 is 0 Å². The molecule has 1 aromatic heterocycles. The highest BCUT2D eigenvalue weighted by atomic mass is 19.1. The highest BCUT2D eigenvalue weighted by molar-refractivity contribution is 5.15. The van der Waals surface area contributed by atoms with Gasteiger partial charge in [-0.25, -0.2) is 4.98 Å². The molecule has 2 aliphatic rings. The van der Waals surface area contributed by atoms with Crippen LogP contribution in [0.4, 0.5) is 4.39 Å². The van der Waals surface area contributed by atoms with Gasteiger partial charge in [0.25, 0.3) is 0 Å². The van der Waals surface area contributed by atoms with Crippen LogP contribution in [0.2, 0.25) is 0 Å². The molecular weight excluding hydrogens is 273 g/mol. The van der Waals surface area contributed by atoms with Gasteiger partial charge in [-0.2, -0.15) is 4.39 Å². The number of pyridine rings is 1. The van der Waals surface area contributed by atoms with Crippen LogP contribution in [0.1, 0.15) is 82.6 Å².